The summed E-state index contributed by atoms with van der Waals surface area (Å²) in [7, 11) is 0. The first-order chi connectivity index (χ1) is 16.9. The van der Waals surface area contributed by atoms with Gasteiger partial charge in [0.05, 0.1) is 34.5 Å². The van der Waals surface area contributed by atoms with Gasteiger partial charge in [-0.1, -0.05) is 12.1 Å². The predicted molar refractivity (Wildman–Crippen MR) is 129 cm³/mol. The number of aromatic nitrogens is 2. The Labute approximate surface area is 202 Å². The smallest absolute Gasteiger partial charge is 0.210 e. The van der Waals surface area contributed by atoms with Gasteiger partial charge in [0.2, 0.25) is 5.78 Å². The van der Waals surface area contributed by atoms with E-state index < -0.39 is 5.60 Å². The summed E-state index contributed by atoms with van der Waals surface area (Å²) in [5.74, 6) is 1.03. The van der Waals surface area contributed by atoms with Crippen molar-refractivity contribution in [1.29, 1.82) is 10.5 Å². The normalized spacial score (nSPS) is 14.5. The Morgan fingerprint density at radius 1 is 0.971 bits per heavy atom. The number of hydrogen-bond acceptors (Lipinski definition) is 6. The molecule has 0 saturated carbocycles. The van der Waals surface area contributed by atoms with Crippen molar-refractivity contribution in [2.75, 3.05) is 0 Å². The molecule has 0 spiro atoms. The summed E-state index contributed by atoms with van der Waals surface area (Å²) in [5, 5.41) is 18.1. The standard InChI is InChI=1S/C28H20N4O3/c1-28(2)27(33)25(26(35-28)21-5-3-18(14-29)4-6-21)20-7-9-23(10-8-20)34-17-22-16-32-12-11-19(15-30)13-24(32)31-22/h3-13,16H,17H2,1-2H3. The van der Waals surface area contributed by atoms with Gasteiger partial charge in [0.15, 0.2) is 5.60 Å². The molecule has 0 radical (unpaired) electrons. The zero-order valence-electron chi connectivity index (χ0n) is 19.1. The first-order valence-electron chi connectivity index (χ1n) is 11.0. The number of nitrogens with zero attached hydrogens (tertiary/aromatic N) is 4. The lowest BCUT2D eigenvalue weighted by Crippen LogP contribution is -2.29. The molecule has 2 aromatic carbocycles. The highest BCUT2D eigenvalue weighted by Crippen LogP contribution is 2.41. The number of fused-ring (bicyclic) bond motifs is 1. The van der Waals surface area contributed by atoms with E-state index in [1.165, 1.54) is 0 Å². The van der Waals surface area contributed by atoms with E-state index in [0.717, 1.165) is 16.8 Å². The Bertz CT molecular complexity index is 1560. The van der Waals surface area contributed by atoms with Crippen molar-refractivity contribution >= 4 is 22.8 Å². The van der Waals surface area contributed by atoms with Crippen LogP contribution in [0.4, 0.5) is 0 Å². The van der Waals surface area contributed by atoms with Gasteiger partial charge in [0.1, 0.15) is 23.8 Å². The zero-order valence-corrected chi connectivity index (χ0v) is 19.1. The highest BCUT2D eigenvalue weighted by atomic mass is 16.5. The van der Waals surface area contributed by atoms with Gasteiger partial charge in [0.25, 0.3) is 0 Å². The van der Waals surface area contributed by atoms with Crippen LogP contribution in [0.1, 0.15) is 41.8 Å². The molecule has 0 saturated heterocycles. The Morgan fingerprint density at radius 3 is 2.34 bits per heavy atom. The molecule has 0 aliphatic carbocycles. The minimum Gasteiger partial charge on any atom is -0.487 e. The van der Waals surface area contributed by atoms with Crippen molar-refractivity contribution in [2.45, 2.75) is 26.1 Å². The van der Waals surface area contributed by atoms with Crippen LogP contribution in [0, 0.1) is 22.7 Å². The topological polar surface area (TPSA) is 100 Å². The number of pyridine rings is 1. The molecule has 3 heterocycles. The number of nitriles is 2. The molecule has 2 aromatic heterocycles. The number of hydrogen-bond donors (Lipinski definition) is 0. The second-order valence-corrected chi connectivity index (χ2v) is 8.67. The van der Waals surface area contributed by atoms with Gasteiger partial charge in [-0.15, -0.1) is 0 Å². The number of carbonyl (C=O) groups is 1. The van der Waals surface area contributed by atoms with E-state index in [-0.39, 0.29) is 12.4 Å². The van der Waals surface area contributed by atoms with Gasteiger partial charge in [-0.3, -0.25) is 4.79 Å². The van der Waals surface area contributed by atoms with Gasteiger partial charge in [-0.2, -0.15) is 10.5 Å². The summed E-state index contributed by atoms with van der Waals surface area (Å²) in [6.45, 7) is 3.76. The maximum absolute atomic E-state index is 13.2. The van der Waals surface area contributed by atoms with Crippen LogP contribution in [-0.4, -0.2) is 20.8 Å². The zero-order chi connectivity index (χ0) is 24.6. The lowest BCUT2D eigenvalue weighted by molar-refractivity contribution is -0.125. The predicted octanol–water partition coefficient (Wildman–Crippen LogP) is 4.90. The van der Waals surface area contributed by atoms with Crippen LogP contribution in [0.25, 0.3) is 17.0 Å². The molecule has 1 aliphatic heterocycles. The molecule has 0 bridgehead atoms. The molecule has 0 unspecified atom stereocenters. The SMILES string of the molecule is CC1(C)OC(c2ccc(C#N)cc2)=C(c2ccc(OCc3cn4ccc(C#N)cc4n3)cc2)C1=O. The van der Waals surface area contributed by atoms with Crippen LogP contribution < -0.4 is 4.74 Å². The molecule has 7 heteroatoms. The summed E-state index contributed by atoms with van der Waals surface area (Å²) in [6, 6.07) is 21.9. The van der Waals surface area contributed by atoms with Crippen molar-refractivity contribution in [1.82, 2.24) is 9.38 Å². The maximum atomic E-state index is 13.2. The van der Waals surface area contributed by atoms with E-state index in [9.17, 15) is 4.79 Å². The van der Waals surface area contributed by atoms with Gasteiger partial charge in [0, 0.05) is 18.0 Å². The van der Waals surface area contributed by atoms with E-state index >= 15 is 0 Å². The number of benzene rings is 2. The van der Waals surface area contributed by atoms with Crippen molar-refractivity contribution in [3.05, 3.63) is 101 Å². The number of ether oxygens (including phenoxy) is 2. The van der Waals surface area contributed by atoms with E-state index in [4.69, 9.17) is 20.0 Å². The number of Topliss-reactive ketones (excluding diaryl/α,β-unsaturated/α-hetero) is 1. The molecule has 0 atom stereocenters. The molecule has 7 nitrogen and oxygen atoms in total. The third-order valence-corrected chi connectivity index (χ3v) is 5.80. The minimum atomic E-state index is -0.984. The monoisotopic (exact) mass is 460 g/mol. The van der Waals surface area contributed by atoms with Crippen LogP contribution in [0.3, 0.4) is 0 Å². The van der Waals surface area contributed by atoms with E-state index in [1.807, 2.05) is 22.7 Å². The van der Waals surface area contributed by atoms with Crippen molar-refractivity contribution in [3.8, 4) is 17.9 Å². The second kappa shape index (κ2) is 8.48. The summed E-state index contributed by atoms with van der Waals surface area (Å²) in [4.78, 5) is 17.7. The molecule has 5 rings (SSSR count). The van der Waals surface area contributed by atoms with Gasteiger partial charge < -0.3 is 13.9 Å². The van der Waals surface area contributed by atoms with Gasteiger partial charge in [-0.25, -0.2) is 4.98 Å². The fourth-order valence-corrected chi connectivity index (χ4v) is 3.97. The molecule has 35 heavy (non-hydrogen) atoms. The molecule has 1 aliphatic rings. The van der Waals surface area contributed by atoms with Gasteiger partial charge in [-0.05, 0) is 67.9 Å². The molecule has 0 fully saturated rings. The Balaban J connectivity index is 1.38. The Morgan fingerprint density at radius 2 is 1.66 bits per heavy atom. The summed E-state index contributed by atoms with van der Waals surface area (Å²) in [5.41, 5.74) is 3.49. The highest BCUT2D eigenvalue weighted by molar-refractivity contribution is 6.32. The van der Waals surface area contributed by atoms with Crippen molar-refractivity contribution < 1.29 is 14.3 Å². The molecule has 4 aromatic rings. The van der Waals surface area contributed by atoms with Crippen molar-refractivity contribution in [2.24, 2.45) is 0 Å². The Kier molecular flexibility index (Phi) is 5.31. The summed E-state index contributed by atoms with van der Waals surface area (Å²) in [6.07, 6.45) is 3.65. The average molecular weight is 460 g/mol. The number of imidazole rings is 1. The van der Waals surface area contributed by atoms with Crippen LogP contribution in [0.15, 0.2) is 73.1 Å². The number of ketones is 1. The number of rotatable bonds is 5. The fourth-order valence-electron chi connectivity index (χ4n) is 3.97. The minimum absolute atomic E-state index is 0.105. The van der Waals surface area contributed by atoms with Crippen LogP contribution >= 0.6 is 0 Å². The summed E-state index contributed by atoms with van der Waals surface area (Å²) < 4.78 is 13.8. The van der Waals surface area contributed by atoms with E-state index in [0.29, 0.717) is 33.9 Å². The van der Waals surface area contributed by atoms with E-state index in [2.05, 4.69) is 17.1 Å². The first kappa shape index (κ1) is 21.9. The lowest BCUT2D eigenvalue weighted by atomic mass is 9.92. The van der Waals surface area contributed by atoms with Crippen LogP contribution in [0.5, 0.6) is 5.75 Å². The molecular weight excluding hydrogens is 440 g/mol. The molecular formula is C28H20N4O3. The second-order valence-electron chi connectivity index (χ2n) is 8.67. The third-order valence-electron chi connectivity index (χ3n) is 5.80. The van der Waals surface area contributed by atoms with Crippen molar-refractivity contribution in [3.63, 3.8) is 0 Å². The van der Waals surface area contributed by atoms with E-state index in [1.54, 1.807) is 68.6 Å². The van der Waals surface area contributed by atoms with Gasteiger partial charge >= 0.3 is 0 Å². The lowest BCUT2D eigenvalue weighted by Gasteiger charge is -2.17. The molecule has 0 N–H and O–H groups in total. The van der Waals surface area contributed by atoms with Crippen LogP contribution in [0.2, 0.25) is 0 Å². The maximum Gasteiger partial charge on any atom is 0.210 e. The average Bonchev–Trinajstić information content (AvgIpc) is 3.40. The fraction of sp³-hybridized carbons (Fsp3) is 0.143. The molecule has 170 valence electrons. The third kappa shape index (κ3) is 4.12. The number of carbonyl (C=O) groups excluding carboxylic acids is 1. The summed E-state index contributed by atoms with van der Waals surface area (Å²) >= 11 is 0. The molecule has 0 amide bonds. The van der Waals surface area contributed by atoms with Crippen LogP contribution in [-0.2, 0) is 16.1 Å². The first-order valence-corrected chi connectivity index (χ1v) is 11.0. The quantitative estimate of drug-likeness (QED) is 0.420. The highest BCUT2D eigenvalue weighted by Gasteiger charge is 2.42. The Hall–Kier alpha value is -4.88. The largest absolute Gasteiger partial charge is 0.487 e.